The van der Waals surface area contributed by atoms with Crippen molar-refractivity contribution in [2.24, 2.45) is 0 Å². The molecule has 23 heavy (non-hydrogen) atoms. The van der Waals surface area contributed by atoms with Gasteiger partial charge in [0.2, 0.25) is 5.88 Å². The van der Waals surface area contributed by atoms with Crippen LogP contribution in [0.3, 0.4) is 0 Å². The van der Waals surface area contributed by atoms with Gasteiger partial charge >= 0.3 is 0 Å². The number of aromatic nitrogens is 1. The number of carbonyl (C=O) groups is 1. The molecule has 0 saturated carbocycles. The molecule has 0 fully saturated rings. The average molecular weight is 312 g/mol. The summed E-state index contributed by atoms with van der Waals surface area (Å²) in [5, 5.41) is 0. The van der Waals surface area contributed by atoms with Crippen LogP contribution >= 0.6 is 0 Å². The number of methoxy groups -OCH3 is 1. The second-order valence-electron chi connectivity index (χ2n) is 5.32. The maximum atomic E-state index is 13.1. The second-order valence-corrected chi connectivity index (χ2v) is 5.32. The molecule has 0 spiro atoms. The third-order valence-corrected chi connectivity index (χ3v) is 3.93. The topological polar surface area (TPSA) is 51.7 Å². The third kappa shape index (κ3) is 2.86. The lowest BCUT2D eigenvalue weighted by molar-refractivity contribution is 0.0980. The van der Waals surface area contributed by atoms with E-state index in [1.807, 2.05) is 25.1 Å². The maximum absolute atomic E-state index is 13.1. The summed E-state index contributed by atoms with van der Waals surface area (Å²) in [6.45, 7) is 3.01. The van der Waals surface area contributed by atoms with Crippen molar-refractivity contribution >= 4 is 11.6 Å². The van der Waals surface area contributed by atoms with Crippen molar-refractivity contribution in [3.63, 3.8) is 0 Å². The predicted molar refractivity (Wildman–Crippen MR) is 88.4 cm³/mol. The zero-order valence-corrected chi connectivity index (χ0v) is 13.4. The summed E-state index contributed by atoms with van der Waals surface area (Å²) < 4.78 is 11.0. The SMILES string of the molecule is CCOc1ncccc1C(=O)N1CCCc2cccc(OC)c21. The molecule has 1 aliphatic heterocycles. The van der Waals surface area contributed by atoms with Gasteiger partial charge in [0.15, 0.2) is 0 Å². The molecule has 0 N–H and O–H groups in total. The Morgan fingerprint density at radius 1 is 1.30 bits per heavy atom. The number of hydrogen-bond donors (Lipinski definition) is 0. The smallest absolute Gasteiger partial charge is 0.263 e. The number of anilines is 1. The number of nitrogens with zero attached hydrogens (tertiary/aromatic N) is 2. The summed E-state index contributed by atoms with van der Waals surface area (Å²) in [6, 6.07) is 9.40. The van der Waals surface area contributed by atoms with E-state index in [0.717, 1.165) is 29.8 Å². The Kier molecular flexibility index (Phi) is 4.46. The zero-order chi connectivity index (χ0) is 16.2. The summed E-state index contributed by atoms with van der Waals surface area (Å²) in [7, 11) is 1.63. The van der Waals surface area contributed by atoms with Gasteiger partial charge in [0, 0.05) is 12.7 Å². The van der Waals surface area contributed by atoms with Crippen molar-refractivity contribution in [1.29, 1.82) is 0 Å². The number of rotatable bonds is 4. The van der Waals surface area contributed by atoms with Crippen LogP contribution in [0.25, 0.3) is 0 Å². The third-order valence-electron chi connectivity index (χ3n) is 3.93. The van der Waals surface area contributed by atoms with Crippen LogP contribution in [-0.2, 0) is 6.42 Å². The lowest BCUT2D eigenvalue weighted by Gasteiger charge is -2.31. The molecule has 0 bridgehead atoms. The fourth-order valence-electron chi connectivity index (χ4n) is 2.93. The van der Waals surface area contributed by atoms with Gasteiger partial charge in [-0.2, -0.15) is 0 Å². The molecule has 0 saturated heterocycles. The van der Waals surface area contributed by atoms with Crippen molar-refractivity contribution in [1.82, 2.24) is 4.98 Å². The Labute approximate surface area is 135 Å². The monoisotopic (exact) mass is 312 g/mol. The minimum atomic E-state index is -0.105. The molecule has 1 aromatic carbocycles. The minimum Gasteiger partial charge on any atom is -0.495 e. The highest BCUT2D eigenvalue weighted by atomic mass is 16.5. The van der Waals surface area contributed by atoms with E-state index < -0.39 is 0 Å². The molecule has 3 rings (SSSR count). The summed E-state index contributed by atoms with van der Waals surface area (Å²) in [5.74, 6) is 0.992. The van der Waals surface area contributed by atoms with Gasteiger partial charge in [-0.1, -0.05) is 12.1 Å². The van der Waals surface area contributed by atoms with E-state index >= 15 is 0 Å². The predicted octanol–water partition coefficient (Wildman–Crippen LogP) is 3.08. The van der Waals surface area contributed by atoms with Crippen LogP contribution in [0.1, 0.15) is 29.3 Å². The fourth-order valence-corrected chi connectivity index (χ4v) is 2.93. The number of ether oxygens (including phenoxy) is 2. The van der Waals surface area contributed by atoms with Crippen LogP contribution in [-0.4, -0.2) is 31.2 Å². The van der Waals surface area contributed by atoms with Crippen LogP contribution < -0.4 is 14.4 Å². The molecular weight excluding hydrogens is 292 g/mol. The maximum Gasteiger partial charge on any atom is 0.263 e. The number of pyridine rings is 1. The summed E-state index contributed by atoms with van der Waals surface area (Å²) in [5.41, 5.74) is 2.47. The van der Waals surface area contributed by atoms with Gasteiger partial charge in [0.25, 0.3) is 5.91 Å². The molecule has 2 heterocycles. The van der Waals surface area contributed by atoms with Crippen LogP contribution in [0.5, 0.6) is 11.6 Å². The highest BCUT2D eigenvalue weighted by Gasteiger charge is 2.28. The van der Waals surface area contributed by atoms with E-state index in [1.54, 1.807) is 30.3 Å². The van der Waals surface area contributed by atoms with E-state index in [4.69, 9.17) is 9.47 Å². The Hall–Kier alpha value is -2.56. The lowest BCUT2D eigenvalue weighted by Crippen LogP contribution is -2.36. The van der Waals surface area contributed by atoms with Crippen LogP contribution in [0.2, 0.25) is 0 Å². The molecule has 1 aliphatic rings. The number of benzene rings is 1. The molecule has 2 aromatic rings. The first kappa shape index (κ1) is 15.3. The van der Waals surface area contributed by atoms with Crippen molar-refractivity contribution in [2.45, 2.75) is 19.8 Å². The number of aryl methyl sites for hydroxylation is 1. The van der Waals surface area contributed by atoms with E-state index in [1.165, 1.54) is 0 Å². The number of hydrogen-bond acceptors (Lipinski definition) is 4. The van der Waals surface area contributed by atoms with Crippen molar-refractivity contribution < 1.29 is 14.3 Å². The van der Waals surface area contributed by atoms with Gasteiger partial charge in [-0.15, -0.1) is 0 Å². The number of amides is 1. The first-order valence-corrected chi connectivity index (χ1v) is 7.81. The molecule has 5 heteroatoms. The van der Waals surface area contributed by atoms with Gasteiger partial charge in [0.1, 0.15) is 11.3 Å². The van der Waals surface area contributed by atoms with E-state index in [2.05, 4.69) is 4.98 Å². The average Bonchev–Trinajstić information content (AvgIpc) is 2.61. The Morgan fingerprint density at radius 2 is 2.17 bits per heavy atom. The van der Waals surface area contributed by atoms with Crippen molar-refractivity contribution in [3.05, 3.63) is 47.7 Å². The van der Waals surface area contributed by atoms with E-state index in [0.29, 0.717) is 24.6 Å². The molecule has 120 valence electrons. The Bertz CT molecular complexity index is 701. The molecule has 0 radical (unpaired) electrons. The zero-order valence-electron chi connectivity index (χ0n) is 13.4. The van der Waals surface area contributed by atoms with Gasteiger partial charge in [0.05, 0.1) is 19.4 Å². The quantitative estimate of drug-likeness (QED) is 0.870. The number of para-hydroxylation sites is 1. The Balaban J connectivity index is 2.03. The van der Waals surface area contributed by atoms with Crippen LogP contribution in [0.15, 0.2) is 36.5 Å². The standard InChI is InChI=1S/C18H20N2O3/c1-3-23-17-14(9-5-11-19-17)18(21)20-12-6-8-13-7-4-10-15(22-2)16(13)20/h4-5,7,9-11H,3,6,8,12H2,1-2H3. The van der Waals surface area contributed by atoms with E-state index in [9.17, 15) is 4.79 Å². The Morgan fingerprint density at radius 3 is 2.96 bits per heavy atom. The van der Waals surface area contributed by atoms with Crippen LogP contribution in [0.4, 0.5) is 5.69 Å². The minimum absolute atomic E-state index is 0.105. The molecule has 0 unspecified atom stereocenters. The molecule has 0 atom stereocenters. The number of fused-ring (bicyclic) bond motifs is 1. The highest BCUT2D eigenvalue weighted by Crippen LogP contribution is 2.37. The molecule has 1 aromatic heterocycles. The first-order chi connectivity index (χ1) is 11.3. The summed E-state index contributed by atoms with van der Waals surface area (Å²) in [6.07, 6.45) is 3.50. The number of carbonyl (C=O) groups excluding carboxylic acids is 1. The molecular formula is C18H20N2O3. The first-order valence-electron chi connectivity index (χ1n) is 7.81. The molecule has 0 aliphatic carbocycles. The summed E-state index contributed by atoms with van der Waals surface area (Å²) >= 11 is 0. The second kappa shape index (κ2) is 6.69. The van der Waals surface area contributed by atoms with Crippen molar-refractivity contribution in [3.8, 4) is 11.6 Å². The lowest BCUT2D eigenvalue weighted by atomic mass is 10.00. The van der Waals surface area contributed by atoms with Crippen LogP contribution in [0, 0.1) is 0 Å². The van der Waals surface area contributed by atoms with Crippen molar-refractivity contribution in [2.75, 3.05) is 25.2 Å². The van der Waals surface area contributed by atoms with Gasteiger partial charge in [-0.25, -0.2) is 4.98 Å². The largest absolute Gasteiger partial charge is 0.495 e. The van der Waals surface area contributed by atoms with E-state index in [-0.39, 0.29) is 5.91 Å². The molecule has 1 amide bonds. The highest BCUT2D eigenvalue weighted by molar-refractivity contribution is 6.09. The van der Waals surface area contributed by atoms with Gasteiger partial charge in [-0.05, 0) is 43.5 Å². The fraction of sp³-hybridized carbons (Fsp3) is 0.333. The normalized spacial score (nSPS) is 13.4. The van der Waals surface area contributed by atoms with Gasteiger partial charge < -0.3 is 14.4 Å². The molecule has 5 nitrogen and oxygen atoms in total. The summed E-state index contributed by atoms with van der Waals surface area (Å²) in [4.78, 5) is 19.0. The van der Waals surface area contributed by atoms with Gasteiger partial charge in [-0.3, -0.25) is 4.79 Å².